The normalized spacial score (nSPS) is 10.6. The summed E-state index contributed by atoms with van der Waals surface area (Å²) in [5.74, 6) is 1.31. The monoisotopic (exact) mass is 304 g/mol. The van der Waals surface area contributed by atoms with Crippen molar-refractivity contribution in [1.82, 2.24) is 20.1 Å². The van der Waals surface area contributed by atoms with E-state index in [9.17, 15) is 4.79 Å². The summed E-state index contributed by atoms with van der Waals surface area (Å²) < 4.78 is 0. The van der Waals surface area contributed by atoms with Crippen molar-refractivity contribution in [3.05, 3.63) is 41.7 Å². The molecule has 21 heavy (non-hydrogen) atoms. The summed E-state index contributed by atoms with van der Waals surface area (Å²) in [5.41, 5.74) is 1.13. The zero-order chi connectivity index (χ0) is 15.1. The van der Waals surface area contributed by atoms with Crippen LogP contribution in [-0.4, -0.2) is 38.8 Å². The number of hydrogen-bond acceptors (Lipinski definition) is 4. The van der Waals surface area contributed by atoms with Gasteiger partial charge in [0.2, 0.25) is 11.1 Å². The van der Waals surface area contributed by atoms with Gasteiger partial charge >= 0.3 is 0 Å². The average Bonchev–Trinajstić information content (AvgIpc) is 2.94. The first kappa shape index (κ1) is 15.6. The van der Waals surface area contributed by atoms with Crippen LogP contribution in [0.4, 0.5) is 0 Å². The molecule has 0 saturated heterocycles. The predicted octanol–water partition coefficient (Wildman–Crippen LogP) is 2.51. The van der Waals surface area contributed by atoms with Gasteiger partial charge in [0.15, 0.2) is 0 Å². The Balaban J connectivity index is 1.80. The van der Waals surface area contributed by atoms with Gasteiger partial charge in [-0.05, 0) is 12.0 Å². The average molecular weight is 304 g/mol. The fourth-order valence-electron chi connectivity index (χ4n) is 1.87. The maximum atomic E-state index is 12.1. The van der Waals surface area contributed by atoms with E-state index in [1.54, 1.807) is 4.90 Å². The first-order valence-corrected chi connectivity index (χ1v) is 7.99. The smallest absolute Gasteiger partial charge is 0.233 e. The molecule has 0 atom stereocenters. The van der Waals surface area contributed by atoms with E-state index in [0.29, 0.717) is 17.5 Å². The number of thioether (sulfide) groups is 1. The van der Waals surface area contributed by atoms with Crippen LogP contribution in [0.15, 0.2) is 35.5 Å². The van der Waals surface area contributed by atoms with Gasteiger partial charge in [-0.2, -0.15) is 0 Å². The van der Waals surface area contributed by atoms with Gasteiger partial charge in [-0.15, -0.1) is 5.10 Å². The van der Waals surface area contributed by atoms with Crippen molar-refractivity contribution in [2.24, 2.45) is 0 Å². The number of nitrogens with one attached hydrogen (secondary N) is 1. The molecule has 112 valence electrons. The lowest BCUT2D eigenvalue weighted by Gasteiger charge is -2.16. The number of nitrogens with zero attached hydrogens (tertiary/aromatic N) is 3. The molecule has 0 spiro atoms. The molecule has 1 amide bonds. The van der Waals surface area contributed by atoms with Crippen molar-refractivity contribution < 1.29 is 4.79 Å². The lowest BCUT2D eigenvalue weighted by Crippen LogP contribution is -2.27. The quantitative estimate of drug-likeness (QED) is 0.798. The lowest BCUT2D eigenvalue weighted by molar-refractivity contribution is -0.127. The van der Waals surface area contributed by atoms with E-state index in [2.05, 4.69) is 22.1 Å². The summed E-state index contributed by atoms with van der Waals surface area (Å²) in [6.07, 6.45) is 1.91. The van der Waals surface area contributed by atoms with Crippen LogP contribution in [0.3, 0.4) is 0 Å². The Labute approximate surface area is 129 Å². The Kier molecular flexibility index (Phi) is 5.80. The fraction of sp³-hybridized carbons (Fsp3) is 0.400. The SMILES string of the molecule is CCCc1nc(SCC(=O)N(C)Cc2ccccc2)n[nH]1. The second-order valence-corrected chi connectivity index (χ2v) is 5.78. The maximum absolute atomic E-state index is 12.1. The van der Waals surface area contributed by atoms with Crippen molar-refractivity contribution in [3.8, 4) is 0 Å². The molecule has 0 radical (unpaired) electrons. The largest absolute Gasteiger partial charge is 0.341 e. The molecule has 5 nitrogen and oxygen atoms in total. The number of carbonyl (C=O) groups excluding carboxylic acids is 1. The first-order valence-electron chi connectivity index (χ1n) is 7.01. The summed E-state index contributed by atoms with van der Waals surface area (Å²) in [7, 11) is 1.82. The van der Waals surface area contributed by atoms with E-state index in [-0.39, 0.29) is 5.91 Å². The van der Waals surface area contributed by atoms with Crippen LogP contribution >= 0.6 is 11.8 Å². The molecule has 0 bridgehead atoms. The summed E-state index contributed by atoms with van der Waals surface area (Å²) in [6, 6.07) is 9.96. The van der Waals surface area contributed by atoms with E-state index >= 15 is 0 Å². The summed E-state index contributed by atoms with van der Waals surface area (Å²) in [6.45, 7) is 2.71. The molecule has 1 aromatic carbocycles. The Morgan fingerprint density at radius 3 is 2.81 bits per heavy atom. The topological polar surface area (TPSA) is 61.9 Å². The van der Waals surface area contributed by atoms with Gasteiger partial charge < -0.3 is 4.90 Å². The number of benzene rings is 1. The molecule has 1 heterocycles. The molecule has 0 aliphatic carbocycles. The molecule has 0 saturated carbocycles. The highest BCUT2D eigenvalue weighted by Gasteiger charge is 2.11. The highest BCUT2D eigenvalue weighted by Crippen LogP contribution is 2.14. The Hall–Kier alpha value is -1.82. The molecule has 2 rings (SSSR count). The van der Waals surface area contributed by atoms with E-state index in [0.717, 1.165) is 24.2 Å². The fourth-order valence-corrected chi connectivity index (χ4v) is 2.63. The van der Waals surface area contributed by atoms with Crippen molar-refractivity contribution in [2.75, 3.05) is 12.8 Å². The summed E-state index contributed by atoms with van der Waals surface area (Å²) in [5, 5.41) is 7.64. The summed E-state index contributed by atoms with van der Waals surface area (Å²) in [4.78, 5) is 18.2. The molecular weight excluding hydrogens is 284 g/mol. The molecule has 0 aliphatic rings. The van der Waals surface area contributed by atoms with Crippen molar-refractivity contribution in [1.29, 1.82) is 0 Å². The maximum Gasteiger partial charge on any atom is 0.233 e. The number of rotatable bonds is 7. The Bertz CT molecular complexity index is 570. The molecule has 1 N–H and O–H groups in total. The number of carbonyl (C=O) groups is 1. The van der Waals surface area contributed by atoms with Gasteiger partial charge in [0, 0.05) is 20.0 Å². The number of amides is 1. The standard InChI is InChI=1S/C15H20N4OS/c1-3-7-13-16-15(18-17-13)21-11-14(20)19(2)10-12-8-5-4-6-9-12/h4-6,8-9H,3,7,10-11H2,1-2H3,(H,16,17,18). The Morgan fingerprint density at radius 1 is 1.33 bits per heavy atom. The molecule has 6 heteroatoms. The zero-order valence-electron chi connectivity index (χ0n) is 12.4. The van der Waals surface area contributed by atoms with Gasteiger partial charge in [0.1, 0.15) is 5.82 Å². The van der Waals surface area contributed by atoms with E-state index in [1.807, 2.05) is 37.4 Å². The van der Waals surface area contributed by atoms with Crippen molar-refractivity contribution >= 4 is 17.7 Å². The van der Waals surface area contributed by atoms with Gasteiger partial charge in [0.05, 0.1) is 5.75 Å². The van der Waals surface area contributed by atoms with Gasteiger partial charge in [-0.3, -0.25) is 9.89 Å². The summed E-state index contributed by atoms with van der Waals surface area (Å²) >= 11 is 1.37. The van der Waals surface area contributed by atoms with Crippen LogP contribution in [0.2, 0.25) is 0 Å². The highest BCUT2D eigenvalue weighted by atomic mass is 32.2. The van der Waals surface area contributed by atoms with Crippen LogP contribution < -0.4 is 0 Å². The third kappa shape index (κ3) is 4.90. The van der Waals surface area contributed by atoms with Crippen molar-refractivity contribution in [2.45, 2.75) is 31.5 Å². The number of hydrogen-bond donors (Lipinski definition) is 1. The number of aryl methyl sites for hydroxylation is 1. The molecular formula is C15H20N4OS. The third-order valence-electron chi connectivity index (χ3n) is 3.01. The van der Waals surface area contributed by atoms with Crippen molar-refractivity contribution in [3.63, 3.8) is 0 Å². The lowest BCUT2D eigenvalue weighted by atomic mass is 10.2. The third-order valence-corrected chi connectivity index (χ3v) is 3.84. The minimum absolute atomic E-state index is 0.0747. The second kappa shape index (κ2) is 7.83. The molecule has 0 aliphatic heterocycles. The van der Waals surface area contributed by atoms with Crippen LogP contribution in [0.1, 0.15) is 24.7 Å². The van der Waals surface area contributed by atoms with Crippen LogP contribution in [0, 0.1) is 0 Å². The second-order valence-electron chi connectivity index (χ2n) is 4.84. The van der Waals surface area contributed by atoms with E-state index in [1.165, 1.54) is 11.8 Å². The van der Waals surface area contributed by atoms with Gasteiger partial charge in [0.25, 0.3) is 0 Å². The number of aromatic amines is 1. The first-order chi connectivity index (χ1) is 10.2. The zero-order valence-corrected chi connectivity index (χ0v) is 13.2. The molecule has 1 aromatic heterocycles. The minimum Gasteiger partial charge on any atom is -0.341 e. The highest BCUT2D eigenvalue weighted by molar-refractivity contribution is 7.99. The number of H-pyrrole nitrogens is 1. The molecule has 2 aromatic rings. The molecule has 0 unspecified atom stereocenters. The van der Waals surface area contributed by atoms with E-state index in [4.69, 9.17) is 0 Å². The molecule has 0 fully saturated rings. The minimum atomic E-state index is 0.0747. The predicted molar refractivity (Wildman–Crippen MR) is 84.0 cm³/mol. The van der Waals surface area contributed by atoms with Crippen LogP contribution in [0.25, 0.3) is 0 Å². The Morgan fingerprint density at radius 2 is 2.10 bits per heavy atom. The van der Waals surface area contributed by atoms with Gasteiger partial charge in [-0.1, -0.05) is 49.0 Å². The van der Waals surface area contributed by atoms with Crippen LogP contribution in [0.5, 0.6) is 0 Å². The van der Waals surface area contributed by atoms with Crippen LogP contribution in [-0.2, 0) is 17.8 Å². The van der Waals surface area contributed by atoms with E-state index < -0.39 is 0 Å². The number of aromatic nitrogens is 3. The van der Waals surface area contributed by atoms with Gasteiger partial charge in [-0.25, -0.2) is 4.98 Å².